The zero-order valence-electron chi connectivity index (χ0n) is 17.6. The number of halogens is 3. The molecule has 3 aliphatic rings. The van der Waals surface area contributed by atoms with Crippen molar-refractivity contribution in [2.45, 2.75) is 57.3 Å². The number of benzene rings is 1. The van der Waals surface area contributed by atoms with Crippen molar-refractivity contribution in [2.75, 3.05) is 16.8 Å². The number of aromatic nitrogens is 2. The van der Waals surface area contributed by atoms with Crippen molar-refractivity contribution < 1.29 is 27.5 Å². The maximum Gasteiger partial charge on any atom is 0.415 e. The number of amides is 3. The first kappa shape index (κ1) is 20.7. The number of nitrogens with one attached hydrogen (secondary N) is 1. The number of anilines is 2. The van der Waals surface area contributed by atoms with E-state index in [4.69, 9.17) is 4.74 Å². The molecule has 1 aliphatic carbocycles. The van der Waals surface area contributed by atoms with Gasteiger partial charge in [-0.1, -0.05) is 0 Å². The molecule has 1 N–H and O–H groups in total. The number of hydrogen-bond donors (Lipinski definition) is 1. The summed E-state index contributed by atoms with van der Waals surface area (Å²) in [6.07, 6.45) is 3.56. The Hall–Kier alpha value is -3.24. The minimum Gasteiger partial charge on any atom is -0.447 e. The summed E-state index contributed by atoms with van der Waals surface area (Å²) >= 11 is 0. The molecular formula is C21H22F3N5O3. The van der Waals surface area contributed by atoms with Gasteiger partial charge in [0, 0.05) is 17.8 Å². The van der Waals surface area contributed by atoms with E-state index >= 15 is 0 Å². The lowest BCUT2D eigenvalue weighted by atomic mass is 10.0. The van der Waals surface area contributed by atoms with E-state index in [1.54, 1.807) is 16.0 Å². The van der Waals surface area contributed by atoms with Gasteiger partial charge in [0.05, 0.1) is 41.7 Å². The Balaban J connectivity index is 1.47. The molecule has 0 bridgehead atoms. The van der Waals surface area contributed by atoms with Crippen molar-refractivity contribution in [3.05, 3.63) is 41.5 Å². The molecule has 1 saturated carbocycles. The first-order valence-corrected chi connectivity index (χ1v) is 10.4. The van der Waals surface area contributed by atoms with Gasteiger partial charge in [-0.2, -0.15) is 5.10 Å². The zero-order chi connectivity index (χ0) is 22.8. The summed E-state index contributed by atoms with van der Waals surface area (Å²) in [4.78, 5) is 28.7. The number of carbonyl (C=O) groups is 2. The van der Waals surface area contributed by atoms with Crippen LogP contribution in [0.25, 0.3) is 0 Å². The Kier molecular flexibility index (Phi) is 4.61. The molecule has 32 heavy (non-hydrogen) atoms. The third kappa shape index (κ3) is 3.09. The average molecular weight is 449 g/mol. The molecule has 11 heteroatoms. The summed E-state index contributed by atoms with van der Waals surface area (Å²) in [7, 11) is 0. The standard InChI is InChI=1S/C21H22F3N5O3/c1-21(2)10-32-20(31)28(21)16-8-25-29-15-5-3-4-14(15)27(9-17(16)29)19(30)26-11-6-12(22)18(24)13(23)7-11/h6-8,14-15H,3-5,9-10H2,1-2H3,(H,26,30)/t14-,15+/m0/s1. The SMILES string of the molecule is CC1(C)COC(=O)N1c1cnn2c1CN(C(=O)Nc1cc(F)c(F)c(F)c1)[C@H]1CCC[C@H]12. The van der Waals surface area contributed by atoms with Gasteiger partial charge in [-0.05, 0) is 33.1 Å². The average Bonchev–Trinajstić information content (AvgIpc) is 3.42. The molecule has 2 aromatic rings. The van der Waals surface area contributed by atoms with Gasteiger partial charge < -0.3 is 15.0 Å². The van der Waals surface area contributed by atoms with E-state index in [1.807, 2.05) is 18.5 Å². The number of nitrogens with zero attached hydrogens (tertiary/aromatic N) is 4. The maximum atomic E-state index is 13.6. The molecule has 8 nitrogen and oxygen atoms in total. The van der Waals surface area contributed by atoms with Gasteiger partial charge in [0.2, 0.25) is 0 Å². The van der Waals surface area contributed by atoms with Crippen molar-refractivity contribution >= 4 is 23.5 Å². The Morgan fingerprint density at radius 2 is 1.88 bits per heavy atom. The van der Waals surface area contributed by atoms with Crippen LogP contribution < -0.4 is 10.2 Å². The summed E-state index contributed by atoms with van der Waals surface area (Å²) in [5, 5.41) is 7.00. The van der Waals surface area contributed by atoms with Crippen molar-refractivity contribution in [3.63, 3.8) is 0 Å². The number of carbonyl (C=O) groups excluding carboxylic acids is 2. The fourth-order valence-electron chi connectivity index (χ4n) is 4.94. The second-order valence-corrected chi connectivity index (χ2v) is 9.00. The quantitative estimate of drug-likeness (QED) is 0.698. The van der Waals surface area contributed by atoms with E-state index in [2.05, 4.69) is 10.4 Å². The third-order valence-electron chi connectivity index (χ3n) is 6.43. The van der Waals surface area contributed by atoms with Crippen LogP contribution in [-0.2, 0) is 11.3 Å². The van der Waals surface area contributed by atoms with Gasteiger partial charge in [-0.3, -0.25) is 9.58 Å². The number of fused-ring (bicyclic) bond motifs is 3. The van der Waals surface area contributed by atoms with Gasteiger partial charge in [0.25, 0.3) is 0 Å². The molecule has 3 amide bonds. The summed E-state index contributed by atoms with van der Waals surface area (Å²) in [6.45, 7) is 4.14. The molecule has 170 valence electrons. The van der Waals surface area contributed by atoms with Gasteiger partial charge in [0.15, 0.2) is 17.5 Å². The summed E-state index contributed by atoms with van der Waals surface area (Å²) < 4.78 is 47.6. The van der Waals surface area contributed by atoms with Crippen LogP contribution in [0.4, 0.5) is 34.1 Å². The zero-order valence-corrected chi connectivity index (χ0v) is 17.6. The monoisotopic (exact) mass is 449 g/mol. The predicted molar refractivity (Wildman–Crippen MR) is 108 cm³/mol. The van der Waals surface area contributed by atoms with Gasteiger partial charge >= 0.3 is 12.1 Å². The lowest BCUT2D eigenvalue weighted by Crippen LogP contribution is -2.49. The third-order valence-corrected chi connectivity index (χ3v) is 6.43. The molecule has 1 aromatic heterocycles. The van der Waals surface area contributed by atoms with Gasteiger partial charge in [-0.25, -0.2) is 22.8 Å². The van der Waals surface area contributed by atoms with E-state index < -0.39 is 35.1 Å². The van der Waals surface area contributed by atoms with Crippen molar-refractivity contribution in [2.24, 2.45) is 0 Å². The number of ether oxygens (including phenoxy) is 1. The minimum atomic E-state index is -1.59. The number of hydrogen-bond acceptors (Lipinski definition) is 4. The van der Waals surface area contributed by atoms with E-state index in [-0.39, 0.29) is 30.9 Å². The van der Waals surface area contributed by atoms with Gasteiger partial charge in [0.1, 0.15) is 6.61 Å². The highest BCUT2D eigenvalue weighted by Crippen LogP contribution is 2.43. The van der Waals surface area contributed by atoms with E-state index in [0.717, 1.165) is 31.4 Å². The number of rotatable bonds is 2. The molecule has 1 aromatic carbocycles. The first-order chi connectivity index (χ1) is 15.2. The molecule has 0 spiro atoms. The van der Waals surface area contributed by atoms with Crippen LogP contribution in [0.2, 0.25) is 0 Å². The Labute approximate surface area is 181 Å². The van der Waals surface area contributed by atoms with Crippen LogP contribution >= 0.6 is 0 Å². The first-order valence-electron chi connectivity index (χ1n) is 10.4. The van der Waals surface area contributed by atoms with Crippen LogP contribution in [0.3, 0.4) is 0 Å². The molecule has 1 saturated heterocycles. The van der Waals surface area contributed by atoms with Crippen LogP contribution in [0.5, 0.6) is 0 Å². The van der Waals surface area contributed by atoms with Crippen LogP contribution in [0, 0.1) is 17.5 Å². The molecule has 0 unspecified atom stereocenters. The smallest absolute Gasteiger partial charge is 0.415 e. The second kappa shape index (κ2) is 7.14. The van der Waals surface area contributed by atoms with Crippen LogP contribution in [-0.4, -0.2) is 45.0 Å². The molecule has 2 atom stereocenters. The van der Waals surface area contributed by atoms with Crippen LogP contribution in [0.1, 0.15) is 44.8 Å². The highest BCUT2D eigenvalue weighted by Gasteiger charge is 2.47. The largest absolute Gasteiger partial charge is 0.447 e. The van der Waals surface area contributed by atoms with Crippen molar-refractivity contribution in [3.8, 4) is 0 Å². The summed E-state index contributed by atoms with van der Waals surface area (Å²) in [6, 6.07) is 0.676. The van der Waals surface area contributed by atoms with E-state index in [0.29, 0.717) is 11.4 Å². The normalized spacial score (nSPS) is 23.7. The van der Waals surface area contributed by atoms with E-state index in [1.165, 1.54) is 0 Å². The second-order valence-electron chi connectivity index (χ2n) is 9.00. The highest BCUT2D eigenvalue weighted by molar-refractivity contribution is 5.93. The fourth-order valence-corrected chi connectivity index (χ4v) is 4.94. The molecule has 5 rings (SSSR count). The van der Waals surface area contributed by atoms with Crippen molar-refractivity contribution in [1.29, 1.82) is 0 Å². The molecule has 2 aliphatic heterocycles. The van der Waals surface area contributed by atoms with E-state index in [9.17, 15) is 22.8 Å². The molecule has 3 heterocycles. The summed E-state index contributed by atoms with van der Waals surface area (Å²) in [5.41, 5.74) is 0.500. The van der Waals surface area contributed by atoms with Gasteiger partial charge in [-0.15, -0.1) is 0 Å². The number of cyclic esters (lactones) is 1. The maximum absolute atomic E-state index is 13.6. The Morgan fingerprint density at radius 1 is 1.19 bits per heavy atom. The lowest BCUT2D eigenvalue weighted by molar-refractivity contribution is 0.138. The lowest BCUT2D eigenvalue weighted by Gasteiger charge is -2.39. The molecule has 2 fully saturated rings. The minimum absolute atomic E-state index is 0.0818. The summed E-state index contributed by atoms with van der Waals surface area (Å²) in [5.74, 6) is -4.36. The predicted octanol–water partition coefficient (Wildman–Crippen LogP) is 4.18. The molecular weight excluding hydrogens is 427 g/mol. The highest BCUT2D eigenvalue weighted by atomic mass is 19.2. The molecule has 0 radical (unpaired) electrons. The number of urea groups is 1. The Morgan fingerprint density at radius 3 is 2.53 bits per heavy atom. The fraction of sp³-hybridized carbons (Fsp3) is 0.476. The Bertz CT molecular complexity index is 1100. The van der Waals surface area contributed by atoms with Crippen LogP contribution in [0.15, 0.2) is 18.3 Å². The van der Waals surface area contributed by atoms with Crippen molar-refractivity contribution in [1.82, 2.24) is 14.7 Å². The topological polar surface area (TPSA) is 79.7 Å².